The standard InChI is InChI=1S/C15H19NO2/c17-14-6-12-8-15(9-13(7-14)16-12)18-10-11-4-2-1-3-5-11/h1-5,12-13,15-16H,6-10H2/t12-,13+,15?. The van der Waals surface area contributed by atoms with Gasteiger partial charge in [0.2, 0.25) is 0 Å². The smallest absolute Gasteiger partial charge is 0.136 e. The maximum Gasteiger partial charge on any atom is 0.136 e. The van der Waals surface area contributed by atoms with Crippen molar-refractivity contribution in [2.45, 2.75) is 50.5 Å². The number of piperidine rings is 2. The number of nitrogens with one attached hydrogen (secondary N) is 1. The van der Waals surface area contributed by atoms with Crippen molar-refractivity contribution in [3.63, 3.8) is 0 Å². The normalized spacial score (nSPS) is 31.3. The second-order valence-corrected chi connectivity index (χ2v) is 5.40. The number of benzene rings is 1. The van der Waals surface area contributed by atoms with Crippen molar-refractivity contribution in [1.29, 1.82) is 0 Å². The molecule has 0 radical (unpaired) electrons. The molecule has 18 heavy (non-hydrogen) atoms. The van der Waals surface area contributed by atoms with Gasteiger partial charge in [0, 0.05) is 24.9 Å². The first-order chi connectivity index (χ1) is 8.79. The van der Waals surface area contributed by atoms with E-state index in [0.717, 1.165) is 12.8 Å². The molecule has 3 heteroatoms. The minimum atomic E-state index is 0.301. The van der Waals surface area contributed by atoms with E-state index in [-0.39, 0.29) is 0 Å². The van der Waals surface area contributed by atoms with Gasteiger partial charge < -0.3 is 10.1 Å². The molecule has 0 amide bonds. The fourth-order valence-electron chi connectivity index (χ4n) is 3.04. The molecule has 1 aromatic rings. The number of hydrogen-bond donors (Lipinski definition) is 1. The van der Waals surface area contributed by atoms with Crippen LogP contribution in [-0.2, 0) is 16.1 Å². The lowest BCUT2D eigenvalue weighted by atomic mass is 9.84. The number of fused-ring (bicyclic) bond motifs is 2. The third-order valence-electron chi connectivity index (χ3n) is 3.84. The van der Waals surface area contributed by atoms with Crippen molar-refractivity contribution in [3.8, 4) is 0 Å². The lowest BCUT2D eigenvalue weighted by Crippen LogP contribution is -2.53. The molecule has 2 saturated heterocycles. The number of ether oxygens (including phenoxy) is 1. The Balaban J connectivity index is 1.54. The average Bonchev–Trinajstić information content (AvgIpc) is 2.36. The van der Waals surface area contributed by atoms with Gasteiger partial charge in [0.25, 0.3) is 0 Å². The van der Waals surface area contributed by atoms with E-state index in [0.29, 0.717) is 43.4 Å². The quantitative estimate of drug-likeness (QED) is 0.885. The van der Waals surface area contributed by atoms with E-state index in [4.69, 9.17) is 4.74 Å². The van der Waals surface area contributed by atoms with Gasteiger partial charge in [0.15, 0.2) is 0 Å². The Morgan fingerprint density at radius 1 is 1.11 bits per heavy atom. The van der Waals surface area contributed by atoms with Gasteiger partial charge >= 0.3 is 0 Å². The molecule has 1 N–H and O–H groups in total. The summed E-state index contributed by atoms with van der Waals surface area (Å²) >= 11 is 0. The molecule has 3 nitrogen and oxygen atoms in total. The molecule has 2 fully saturated rings. The third-order valence-corrected chi connectivity index (χ3v) is 3.84. The molecule has 3 atom stereocenters. The molecule has 1 unspecified atom stereocenters. The Morgan fingerprint density at radius 3 is 2.44 bits per heavy atom. The summed E-state index contributed by atoms with van der Waals surface area (Å²) in [5.41, 5.74) is 1.22. The molecule has 0 spiro atoms. The second-order valence-electron chi connectivity index (χ2n) is 5.40. The van der Waals surface area contributed by atoms with Crippen molar-refractivity contribution in [2.75, 3.05) is 0 Å². The molecule has 2 aliphatic heterocycles. The first-order valence-electron chi connectivity index (χ1n) is 6.73. The molecule has 3 rings (SSSR count). The average molecular weight is 245 g/mol. The summed E-state index contributed by atoms with van der Waals surface area (Å²) in [5, 5.41) is 3.51. The number of ketones is 1. The number of rotatable bonds is 3. The molecule has 1 aromatic carbocycles. The fraction of sp³-hybridized carbons (Fsp3) is 0.533. The number of carbonyl (C=O) groups excluding carboxylic acids is 1. The highest BCUT2D eigenvalue weighted by Crippen LogP contribution is 2.26. The molecular weight excluding hydrogens is 226 g/mol. The zero-order chi connectivity index (χ0) is 12.4. The summed E-state index contributed by atoms with van der Waals surface area (Å²) in [6, 6.07) is 10.9. The molecule has 96 valence electrons. The molecule has 0 aromatic heterocycles. The predicted octanol–water partition coefficient (Wildman–Crippen LogP) is 2.06. The number of hydrogen-bond acceptors (Lipinski definition) is 3. The van der Waals surface area contributed by atoms with Crippen LogP contribution in [0.15, 0.2) is 30.3 Å². The van der Waals surface area contributed by atoms with Crippen molar-refractivity contribution in [1.82, 2.24) is 5.32 Å². The van der Waals surface area contributed by atoms with E-state index < -0.39 is 0 Å². The van der Waals surface area contributed by atoms with Crippen LogP contribution in [-0.4, -0.2) is 24.0 Å². The van der Waals surface area contributed by atoms with E-state index in [1.165, 1.54) is 5.56 Å². The van der Waals surface area contributed by atoms with Crippen molar-refractivity contribution in [2.24, 2.45) is 0 Å². The van der Waals surface area contributed by atoms with Crippen LogP contribution in [0, 0.1) is 0 Å². The van der Waals surface area contributed by atoms with Crippen LogP contribution >= 0.6 is 0 Å². The van der Waals surface area contributed by atoms with Crippen LogP contribution < -0.4 is 5.32 Å². The third kappa shape index (κ3) is 2.79. The number of Topliss-reactive ketones (excluding diaryl/α,β-unsaturated/α-hetero) is 1. The van der Waals surface area contributed by atoms with Crippen molar-refractivity contribution < 1.29 is 9.53 Å². The van der Waals surface area contributed by atoms with E-state index in [1.807, 2.05) is 18.2 Å². The van der Waals surface area contributed by atoms with Gasteiger partial charge in [-0.2, -0.15) is 0 Å². The van der Waals surface area contributed by atoms with Gasteiger partial charge in [-0.1, -0.05) is 30.3 Å². The SMILES string of the molecule is O=C1C[C@@H]2CC(OCc3ccccc3)C[C@H](C1)N2. The van der Waals surface area contributed by atoms with E-state index in [2.05, 4.69) is 17.4 Å². The number of carbonyl (C=O) groups is 1. The molecule has 0 saturated carbocycles. The van der Waals surface area contributed by atoms with E-state index in [1.54, 1.807) is 0 Å². The first kappa shape index (κ1) is 11.9. The van der Waals surface area contributed by atoms with Gasteiger partial charge in [-0.3, -0.25) is 4.79 Å². The zero-order valence-corrected chi connectivity index (χ0v) is 10.5. The Labute approximate surface area is 108 Å². The molecule has 2 aliphatic rings. The van der Waals surface area contributed by atoms with Crippen LogP contribution in [0.25, 0.3) is 0 Å². The van der Waals surface area contributed by atoms with Crippen molar-refractivity contribution in [3.05, 3.63) is 35.9 Å². The molecular formula is C15H19NO2. The van der Waals surface area contributed by atoms with Crippen LogP contribution in [0.2, 0.25) is 0 Å². The van der Waals surface area contributed by atoms with Crippen molar-refractivity contribution >= 4 is 5.78 Å². The van der Waals surface area contributed by atoms with Gasteiger partial charge in [-0.15, -0.1) is 0 Å². The summed E-state index contributed by atoms with van der Waals surface area (Å²) in [6.45, 7) is 0.679. The Kier molecular flexibility index (Phi) is 3.43. The zero-order valence-electron chi connectivity index (χ0n) is 10.5. The summed E-state index contributed by atoms with van der Waals surface area (Å²) in [7, 11) is 0. The maximum atomic E-state index is 11.5. The highest BCUT2D eigenvalue weighted by Gasteiger charge is 2.34. The summed E-state index contributed by atoms with van der Waals surface area (Å²) in [5.74, 6) is 0.408. The highest BCUT2D eigenvalue weighted by atomic mass is 16.5. The lowest BCUT2D eigenvalue weighted by molar-refractivity contribution is -0.124. The summed E-state index contributed by atoms with van der Waals surface area (Å²) in [6.07, 6.45) is 3.60. The van der Waals surface area contributed by atoms with Crippen LogP contribution in [0.5, 0.6) is 0 Å². The molecule has 2 bridgehead atoms. The molecule has 2 heterocycles. The minimum absolute atomic E-state index is 0.301. The predicted molar refractivity (Wildman–Crippen MR) is 69.2 cm³/mol. The van der Waals surface area contributed by atoms with Crippen LogP contribution in [0.4, 0.5) is 0 Å². The first-order valence-corrected chi connectivity index (χ1v) is 6.73. The van der Waals surface area contributed by atoms with Gasteiger partial charge in [0.1, 0.15) is 5.78 Å². The topological polar surface area (TPSA) is 38.3 Å². The van der Waals surface area contributed by atoms with Gasteiger partial charge in [-0.25, -0.2) is 0 Å². The van der Waals surface area contributed by atoms with E-state index in [9.17, 15) is 4.79 Å². The summed E-state index contributed by atoms with van der Waals surface area (Å²) < 4.78 is 5.99. The lowest BCUT2D eigenvalue weighted by Gasteiger charge is -2.39. The minimum Gasteiger partial charge on any atom is -0.373 e. The maximum absolute atomic E-state index is 11.5. The van der Waals surface area contributed by atoms with Gasteiger partial charge in [0.05, 0.1) is 12.7 Å². The Morgan fingerprint density at radius 2 is 1.78 bits per heavy atom. The van der Waals surface area contributed by atoms with Crippen LogP contribution in [0.1, 0.15) is 31.2 Å². The largest absolute Gasteiger partial charge is 0.373 e. The monoisotopic (exact) mass is 245 g/mol. The highest BCUT2D eigenvalue weighted by molar-refractivity contribution is 5.80. The second kappa shape index (κ2) is 5.21. The van der Waals surface area contributed by atoms with E-state index >= 15 is 0 Å². The summed E-state index contributed by atoms with van der Waals surface area (Å²) in [4.78, 5) is 11.5. The van der Waals surface area contributed by atoms with Gasteiger partial charge in [-0.05, 0) is 18.4 Å². The van der Waals surface area contributed by atoms with Crippen LogP contribution in [0.3, 0.4) is 0 Å². The Bertz CT molecular complexity index is 402. The fourth-order valence-corrected chi connectivity index (χ4v) is 3.04. The Hall–Kier alpha value is -1.19. The molecule has 0 aliphatic carbocycles.